The first-order chi connectivity index (χ1) is 14.6. The van der Waals surface area contributed by atoms with E-state index < -0.39 is 0 Å². The molecule has 2 aromatic heterocycles. The summed E-state index contributed by atoms with van der Waals surface area (Å²) in [6.07, 6.45) is 4.23. The number of hydrogen-bond acceptors (Lipinski definition) is 4. The number of benzene rings is 2. The maximum atomic E-state index is 13.5. The van der Waals surface area contributed by atoms with Crippen LogP contribution in [0.15, 0.2) is 72.1 Å². The molecule has 7 heteroatoms. The normalized spacial score (nSPS) is 11.0. The smallest absolute Gasteiger partial charge is 0.244 e. The van der Waals surface area contributed by atoms with Crippen LogP contribution >= 0.6 is 11.8 Å². The molecule has 2 heterocycles. The average molecular weight is 421 g/mol. The zero-order valence-corrected chi connectivity index (χ0v) is 17.3. The first kappa shape index (κ1) is 20.1. The van der Waals surface area contributed by atoms with Gasteiger partial charge in [-0.05, 0) is 41.8 Å². The average Bonchev–Trinajstić information content (AvgIpc) is 3.10. The van der Waals surface area contributed by atoms with Gasteiger partial charge >= 0.3 is 0 Å². The van der Waals surface area contributed by atoms with E-state index in [-0.39, 0.29) is 18.3 Å². The summed E-state index contributed by atoms with van der Waals surface area (Å²) < 4.78 is 15.3. The maximum absolute atomic E-state index is 13.5. The highest BCUT2D eigenvalue weighted by Gasteiger charge is 2.15. The van der Waals surface area contributed by atoms with Crippen molar-refractivity contribution in [1.82, 2.24) is 14.5 Å². The number of thioether (sulfide) groups is 1. The van der Waals surface area contributed by atoms with Gasteiger partial charge in [-0.3, -0.25) is 9.78 Å². The molecule has 0 saturated heterocycles. The number of rotatable bonds is 7. The van der Waals surface area contributed by atoms with Crippen molar-refractivity contribution in [1.29, 1.82) is 0 Å². The van der Waals surface area contributed by atoms with Crippen LogP contribution in [0.5, 0.6) is 0 Å². The number of carbonyl (C=O) groups is 1. The second-order valence-corrected chi connectivity index (χ2v) is 7.76. The fourth-order valence-electron chi connectivity index (χ4n) is 3.27. The molecule has 152 valence electrons. The van der Waals surface area contributed by atoms with Gasteiger partial charge in [-0.2, -0.15) is 0 Å². The molecule has 4 aromatic rings. The zero-order valence-electron chi connectivity index (χ0n) is 16.5. The van der Waals surface area contributed by atoms with Crippen LogP contribution < -0.4 is 5.32 Å². The van der Waals surface area contributed by atoms with E-state index in [4.69, 9.17) is 0 Å². The highest BCUT2D eigenvalue weighted by atomic mass is 32.2. The Kier molecular flexibility index (Phi) is 6.09. The number of hydrogen-bond donors (Lipinski definition) is 1. The number of nitrogens with zero attached hydrogens (tertiary/aromatic N) is 3. The predicted octanol–water partition coefficient (Wildman–Crippen LogP) is 5.06. The van der Waals surface area contributed by atoms with E-state index in [2.05, 4.69) is 22.2 Å². The van der Waals surface area contributed by atoms with Gasteiger partial charge in [-0.1, -0.05) is 49.0 Å². The summed E-state index contributed by atoms with van der Waals surface area (Å²) >= 11 is 1.47. The van der Waals surface area contributed by atoms with E-state index >= 15 is 0 Å². The number of fused-ring (bicyclic) bond motifs is 1. The summed E-state index contributed by atoms with van der Waals surface area (Å²) in [6, 6.07) is 16.1. The number of anilines is 1. The largest absolute Gasteiger partial charge is 0.324 e. The Morgan fingerprint density at radius 1 is 1.17 bits per heavy atom. The van der Waals surface area contributed by atoms with Crippen LogP contribution in [0.25, 0.3) is 11.0 Å². The molecule has 0 aliphatic carbocycles. The number of amides is 1. The Morgan fingerprint density at radius 3 is 2.87 bits per heavy atom. The molecule has 5 nitrogen and oxygen atoms in total. The van der Waals surface area contributed by atoms with Crippen molar-refractivity contribution >= 4 is 34.4 Å². The van der Waals surface area contributed by atoms with Crippen LogP contribution in [0.1, 0.15) is 18.1 Å². The standard InChI is InChI=1S/C23H21FN4OS/c1-2-17-7-3-4-9-19(17)26-22(29)14-28-21-13-25-11-10-20(21)27-23(28)30-15-16-6-5-8-18(24)12-16/h3-13H,2,14-15H2,1H3,(H,26,29). The minimum atomic E-state index is -0.264. The number of imidazole rings is 1. The van der Waals surface area contributed by atoms with Crippen LogP contribution in [0.2, 0.25) is 0 Å². The van der Waals surface area contributed by atoms with Crippen molar-refractivity contribution < 1.29 is 9.18 Å². The van der Waals surface area contributed by atoms with Gasteiger partial charge in [-0.25, -0.2) is 9.37 Å². The molecule has 1 N–H and O–H groups in total. The number of aromatic nitrogens is 3. The lowest BCUT2D eigenvalue weighted by molar-refractivity contribution is -0.116. The van der Waals surface area contributed by atoms with Crippen LogP contribution in [0.4, 0.5) is 10.1 Å². The van der Waals surface area contributed by atoms with Crippen molar-refractivity contribution in [3.8, 4) is 0 Å². The minimum Gasteiger partial charge on any atom is -0.324 e. The molecular formula is C23H21FN4OS. The Morgan fingerprint density at radius 2 is 2.03 bits per heavy atom. The third kappa shape index (κ3) is 4.52. The summed E-state index contributed by atoms with van der Waals surface area (Å²) in [4.78, 5) is 21.7. The molecular weight excluding hydrogens is 399 g/mol. The molecule has 30 heavy (non-hydrogen) atoms. The Bertz CT molecular complexity index is 1190. The summed E-state index contributed by atoms with van der Waals surface area (Å²) in [5.41, 5.74) is 4.33. The van der Waals surface area contributed by atoms with Crippen LogP contribution in [0, 0.1) is 5.82 Å². The molecule has 0 radical (unpaired) electrons. The summed E-state index contributed by atoms with van der Waals surface area (Å²) in [5, 5.41) is 3.70. The van der Waals surface area contributed by atoms with Gasteiger partial charge in [0.15, 0.2) is 5.16 Å². The molecule has 0 saturated carbocycles. The van der Waals surface area contributed by atoms with Crippen LogP contribution in [-0.4, -0.2) is 20.4 Å². The fourth-order valence-corrected chi connectivity index (χ4v) is 4.23. The summed E-state index contributed by atoms with van der Waals surface area (Å²) in [6.45, 7) is 2.17. The van der Waals surface area contributed by atoms with E-state index in [1.807, 2.05) is 41.0 Å². The molecule has 0 fully saturated rings. The number of carbonyl (C=O) groups excluding carboxylic acids is 1. The molecule has 0 bridgehead atoms. The van der Waals surface area contributed by atoms with Gasteiger partial charge in [0.1, 0.15) is 12.4 Å². The Labute approximate surface area is 178 Å². The molecule has 0 aliphatic rings. The van der Waals surface area contributed by atoms with Gasteiger partial charge in [0.25, 0.3) is 0 Å². The van der Waals surface area contributed by atoms with Crippen molar-refractivity contribution in [2.45, 2.75) is 30.8 Å². The highest BCUT2D eigenvalue weighted by Crippen LogP contribution is 2.27. The maximum Gasteiger partial charge on any atom is 0.244 e. The van der Waals surface area contributed by atoms with Crippen molar-refractivity contribution in [3.05, 3.63) is 83.9 Å². The van der Waals surface area contributed by atoms with E-state index in [1.165, 1.54) is 23.9 Å². The summed E-state index contributed by atoms with van der Waals surface area (Å²) in [5.74, 6) is 0.154. The quantitative estimate of drug-likeness (QED) is 0.425. The van der Waals surface area contributed by atoms with Gasteiger partial charge in [-0.15, -0.1) is 0 Å². The topological polar surface area (TPSA) is 59.8 Å². The third-order valence-corrected chi connectivity index (χ3v) is 5.79. The first-order valence-electron chi connectivity index (χ1n) is 9.69. The molecule has 1 amide bonds. The number of aryl methyl sites for hydroxylation is 1. The first-order valence-corrected chi connectivity index (χ1v) is 10.7. The van der Waals surface area contributed by atoms with E-state index in [0.29, 0.717) is 10.9 Å². The van der Waals surface area contributed by atoms with Gasteiger partial charge < -0.3 is 9.88 Å². The van der Waals surface area contributed by atoms with Crippen LogP contribution in [0.3, 0.4) is 0 Å². The fraction of sp³-hybridized carbons (Fsp3) is 0.174. The zero-order chi connectivity index (χ0) is 20.9. The number of pyridine rings is 1. The van der Waals surface area contributed by atoms with Crippen molar-refractivity contribution in [3.63, 3.8) is 0 Å². The molecule has 0 aliphatic heterocycles. The SMILES string of the molecule is CCc1ccccc1NC(=O)Cn1c(SCc2cccc(F)c2)nc2ccncc21. The van der Waals surface area contributed by atoms with Gasteiger partial charge in [0.05, 0.1) is 17.2 Å². The molecule has 0 unspecified atom stereocenters. The molecule has 0 spiro atoms. The highest BCUT2D eigenvalue weighted by molar-refractivity contribution is 7.98. The Hall–Kier alpha value is -3.19. The number of para-hydroxylation sites is 1. The van der Waals surface area contributed by atoms with Crippen LogP contribution in [-0.2, 0) is 23.5 Å². The number of halogens is 1. The van der Waals surface area contributed by atoms with Crippen molar-refractivity contribution in [2.75, 3.05) is 5.32 Å². The predicted molar refractivity (Wildman–Crippen MR) is 118 cm³/mol. The van der Waals surface area contributed by atoms with Gasteiger partial charge in [0.2, 0.25) is 5.91 Å². The van der Waals surface area contributed by atoms with Gasteiger partial charge in [0, 0.05) is 17.6 Å². The second kappa shape index (κ2) is 9.09. The monoisotopic (exact) mass is 420 g/mol. The number of nitrogens with one attached hydrogen (secondary N) is 1. The van der Waals surface area contributed by atoms with E-state index in [1.54, 1.807) is 18.5 Å². The van der Waals surface area contributed by atoms with E-state index in [0.717, 1.165) is 34.3 Å². The molecule has 4 rings (SSSR count). The lowest BCUT2D eigenvalue weighted by atomic mass is 10.1. The van der Waals surface area contributed by atoms with Crippen molar-refractivity contribution in [2.24, 2.45) is 0 Å². The molecule has 0 atom stereocenters. The van der Waals surface area contributed by atoms with E-state index in [9.17, 15) is 9.18 Å². The Balaban J connectivity index is 1.57. The summed E-state index contributed by atoms with van der Waals surface area (Å²) in [7, 11) is 0. The minimum absolute atomic E-state index is 0.117. The lowest BCUT2D eigenvalue weighted by Gasteiger charge is -2.12. The molecule has 2 aromatic carbocycles. The third-order valence-electron chi connectivity index (χ3n) is 4.75. The second-order valence-electron chi connectivity index (χ2n) is 6.82. The lowest BCUT2D eigenvalue weighted by Crippen LogP contribution is -2.20.